The zero-order chi connectivity index (χ0) is 22.1. The molecule has 2 heterocycles. The highest BCUT2D eigenvalue weighted by Gasteiger charge is 2.21. The largest absolute Gasteiger partial charge is 0.463 e. The molecule has 0 aliphatic rings. The molecule has 0 saturated heterocycles. The third kappa shape index (κ3) is 3.63. The van der Waals surface area contributed by atoms with E-state index in [-0.39, 0.29) is 11.8 Å². The summed E-state index contributed by atoms with van der Waals surface area (Å²) in [7, 11) is 1.77. The predicted octanol–water partition coefficient (Wildman–Crippen LogP) is 5.66. The minimum atomic E-state index is -0.370. The smallest absolute Gasteiger partial charge is 0.333 e. The number of hydrogen-bond acceptors (Lipinski definition) is 3. The number of ether oxygens (including phenoxy) is 1. The van der Waals surface area contributed by atoms with Crippen LogP contribution in [0.15, 0.2) is 106 Å². The van der Waals surface area contributed by atoms with E-state index < -0.39 is 0 Å². The Bertz CT molecular complexity index is 1400. The summed E-state index contributed by atoms with van der Waals surface area (Å²) in [6.45, 7) is 0. The normalized spacial score (nSPS) is 11.2. The molecule has 0 bridgehead atoms. The van der Waals surface area contributed by atoms with Gasteiger partial charge in [0.15, 0.2) is 6.10 Å². The molecule has 0 spiro atoms. The number of hydrogen-bond donors (Lipinski definition) is 0. The van der Waals surface area contributed by atoms with Gasteiger partial charge in [0.2, 0.25) is 5.88 Å². The first-order chi connectivity index (χ1) is 15.6. The second-order valence-corrected chi connectivity index (χ2v) is 8.37. The summed E-state index contributed by atoms with van der Waals surface area (Å²) in [5.74, 6) is 0.391. The van der Waals surface area contributed by atoms with Crippen molar-refractivity contribution in [3.8, 4) is 11.6 Å². The van der Waals surface area contributed by atoms with Crippen LogP contribution in [0.1, 0.15) is 17.2 Å². The zero-order valence-corrected chi connectivity index (χ0v) is 18.9. The Kier molecular flexibility index (Phi) is 5.37. The minimum absolute atomic E-state index is 0.160. The van der Waals surface area contributed by atoms with Gasteiger partial charge in [0.05, 0.1) is 11.0 Å². The molecule has 6 heteroatoms. The fourth-order valence-corrected chi connectivity index (χ4v) is 4.23. The minimum Gasteiger partial charge on any atom is -0.463 e. The van der Waals surface area contributed by atoms with Crippen LogP contribution in [0.3, 0.4) is 0 Å². The van der Waals surface area contributed by atoms with Crippen LogP contribution < -0.4 is 10.4 Å². The summed E-state index contributed by atoms with van der Waals surface area (Å²) in [6.07, 6.45) is 1.31. The van der Waals surface area contributed by atoms with E-state index in [4.69, 9.17) is 4.74 Å². The van der Waals surface area contributed by atoms with Gasteiger partial charge in [0, 0.05) is 17.7 Å². The first-order valence-corrected chi connectivity index (χ1v) is 11.0. The molecule has 0 aliphatic heterocycles. The van der Waals surface area contributed by atoms with Gasteiger partial charge in [-0.15, -0.1) is 0 Å². The Morgan fingerprint density at radius 2 is 1.50 bits per heavy atom. The topological polar surface area (TPSA) is 49.0 Å². The average molecular weight is 486 g/mol. The lowest BCUT2D eigenvalue weighted by Crippen LogP contribution is -2.22. The number of benzene rings is 3. The van der Waals surface area contributed by atoms with Gasteiger partial charge in [-0.25, -0.2) is 9.78 Å². The third-order valence-electron chi connectivity index (χ3n) is 5.44. The summed E-state index contributed by atoms with van der Waals surface area (Å²) in [5, 5.41) is 0. The molecule has 0 N–H and O–H groups in total. The van der Waals surface area contributed by atoms with Gasteiger partial charge < -0.3 is 4.74 Å². The molecule has 0 saturated carbocycles. The van der Waals surface area contributed by atoms with Crippen molar-refractivity contribution in [3.05, 3.63) is 123 Å². The summed E-state index contributed by atoms with van der Waals surface area (Å²) in [5.41, 5.74) is 4.06. The van der Waals surface area contributed by atoms with E-state index >= 15 is 0 Å². The molecule has 0 aliphatic carbocycles. The van der Waals surface area contributed by atoms with E-state index in [1.807, 2.05) is 91.0 Å². The van der Waals surface area contributed by atoms with Crippen molar-refractivity contribution in [2.24, 2.45) is 7.05 Å². The lowest BCUT2D eigenvalue weighted by molar-refractivity contribution is 0.236. The van der Waals surface area contributed by atoms with E-state index in [2.05, 4.69) is 20.9 Å². The maximum absolute atomic E-state index is 13.2. The third-order valence-corrected chi connectivity index (χ3v) is 5.94. The summed E-state index contributed by atoms with van der Waals surface area (Å²) in [4.78, 5) is 17.7. The highest BCUT2D eigenvalue weighted by molar-refractivity contribution is 9.10. The molecule has 0 fully saturated rings. The highest BCUT2D eigenvalue weighted by atomic mass is 79.9. The van der Waals surface area contributed by atoms with Crippen molar-refractivity contribution in [2.45, 2.75) is 6.10 Å². The van der Waals surface area contributed by atoms with Crippen LogP contribution in [-0.4, -0.2) is 14.1 Å². The maximum atomic E-state index is 13.2. The maximum Gasteiger partial charge on any atom is 0.333 e. The number of pyridine rings is 1. The zero-order valence-electron chi connectivity index (χ0n) is 17.4. The second-order valence-electron chi connectivity index (χ2n) is 7.46. The summed E-state index contributed by atoms with van der Waals surface area (Å²) < 4.78 is 10.7. The number of aromatic nitrogens is 3. The van der Waals surface area contributed by atoms with Gasteiger partial charge in [-0.3, -0.25) is 9.13 Å². The van der Waals surface area contributed by atoms with E-state index in [1.165, 1.54) is 0 Å². The Labute approximate surface area is 193 Å². The number of nitrogens with zero attached hydrogens (tertiary/aromatic N) is 3. The van der Waals surface area contributed by atoms with Crippen LogP contribution in [-0.2, 0) is 7.05 Å². The Morgan fingerprint density at radius 3 is 2.16 bits per heavy atom. The molecule has 5 aromatic rings. The molecule has 0 atom stereocenters. The molecule has 5 nitrogen and oxygen atoms in total. The van der Waals surface area contributed by atoms with Crippen LogP contribution in [0, 0.1) is 0 Å². The molecular formula is C26H20BrN3O2. The molecule has 3 aromatic carbocycles. The summed E-state index contributed by atoms with van der Waals surface area (Å²) >= 11 is 3.49. The van der Waals surface area contributed by atoms with E-state index in [0.29, 0.717) is 11.6 Å². The molecule has 32 heavy (non-hydrogen) atoms. The second kappa shape index (κ2) is 8.48. The van der Waals surface area contributed by atoms with Crippen LogP contribution in [0.2, 0.25) is 0 Å². The van der Waals surface area contributed by atoms with Crippen molar-refractivity contribution in [1.82, 2.24) is 14.1 Å². The van der Waals surface area contributed by atoms with Gasteiger partial charge in [0.25, 0.3) is 0 Å². The molecule has 5 rings (SSSR count). The molecule has 0 amide bonds. The van der Waals surface area contributed by atoms with Crippen molar-refractivity contribution in [2.75, 3.05) is 0 Å². The fourth-order valence-electron chi connectivity index (χ4n) is 3.88. The molecule has 158 valence electrons. The van der Waals surface area contributed by atoms with E-state index in [0.717, 1.165) is 26.6 Å². The van der Waals surface area contributed by atoms with Gasteiger partial charge in [-0.1, -0.05) is 76.6 Å². The lowest BCUT2D eigenvalue weighted by atomic mass is 10.0. The van der Waals surface area contributed by atoms with Crippen molar-refractivity contribution >= 4 is 27.0 Å². The Morgan fingerprint density at radius 1 is 0.844 bits per heavy atom. The predicted molar refractivity (Wildman–Crippen MR) is 129 cm³/mol. The molecular weight excluding hydrogens is 466 g/mol. The van der Waals surface area contributed by atoms with Gasteiger partial charge in [0.1, 0.15) is 5.69 Å². The summed E-state index contributed by atoms with van der Waals surface area (Å²) in [6, 6.07) is 29.5. The molecule has 0 unspecified atom stereocenters. The highest BCUT2D eigenvalue weighted by Crippen LogP contribution is 2.32. The number of halogens is 1. The van der Waals surface area contributed by atoms with Crippen LogP contribution in [0.5, 0.6) is 5.88 Å². The van der Waals surface area contributed by atoms with Crippen LogP contribution in [0.4, 0.5) is 0 Å². The van der Waals surface area contributed by atoms with Crippen molar-refractivity contribution < 1.29 is 4.74 Å². The SMILES string of the molecule is Cn1c(=O)n(-c2cccnc2OC(c2ccccc2)c2ccccc2)c2ccc(Br)cc21. The van der Waals surface area contributed by atoms with Gasteiger partial charge in [-0.2, -0.15) is 0 Å². The van der Waals surface area contributed by atoms with E-state index in [1.54, 1.807) is 22.4 Å². The number of aryl methyl sites for hydroxylation is 1. The monoisotopic (exact) mass is 485 g/mol. The fraction of sp³-hybridized carbons (Fsp3) is 0.0769. The van der Waals surface area contributed by atoms with Gasteiger partial charge >= 0.3 is 5.69 Å². The lowest BCUT2D eigenvalue weighted by Gasteiger charge is -2.21. The quantitative estimate of drug-likeness (QED) is 0.323. The van der Waals surface area contributed by atoms with Crippen LogP contribution in [0.25, 0.3) is 16.7 Å². The van der Waals surface area contributed by atoms with Gasteiger partial charge in [-0.05, 0) is 41.5 Å². The van der Waals surface area contributed by atoms with Crippen molar-refractivity contribution in [1.29, 1.82) is 0 Å². The first-order valence-electron chi connectivity index (χ1n) is 10.2. The number of rotatable bonds is 5. The standard InChI is InChI=1S/C26H20BrN3O2/c1-29-23-17-20(27)14-15-21(23)30(26(29)31)22-13-8-16-28-25(22)32-24(18-9-4-2-5-10-18)19-11-6-3-7-12-19/h2-17,24H,1H3. The molecule has 2 aromatic heterocycles. The number of fused-ring (bicyclic) bond motifs is 1. The first kappa shape index (κ1) is 20.3. The van der Waals surface area contributed by atoms with Crippen molar-refractivity contribution in [3.63, 3.8) is 0 Å². The average Bonchev–Trinajstić information content (AvgIpc) is 3.08. The molecule has 0 radical (unpaired) electrons. The van der Waals surface area contributed by atoms with E-state index in [9.17, 15) is 4.79 Å². The van der Waals surface area contributed by atoms with Crippen LogP contribution >= 0.6 is 15.9 Å². The Balaban J connectivity index is 1.67. The Hall–Kier alpha value is -3.64. The number of imidazole rings is 1.